The molecule has 0 spiro atoms. The molecule has 1 amide bonds. The summed E-state index contributed by atoms with van der Waals surface area (Å²) in [4.78, 5) is 11.1. The van der Waals surface area contributed by atoms with Crippen LogP contribution in [0.1, 0.15) is 71.1 Å². The van der Waals surface area contributed by atoms with E-state index in [0.717, 1.165) is 6.42 Å². The van der Waals surface area contributed by atoms with E-state index in [0.29, 0.717) is 6.42 Å². The van der Waals surface area contributed by atoms with Crippen LogP contribution in [0.5, 0.6) is 0 Å². The van der Waals surface area contributed by atoms with Gasteiger partial charge in [0.2, 0.25) is 5.91 Å². The molecule has 2 nitrogen and oxygen atoms in total. The molecule has 0 aliphatic rings. The normalized spacial score (nSPS) is 10.1. The molecule has 0 aromatic carbocycles. The number of rotatable bonds is 11. The molecule has 16 heavy (non-hydrogen) atoms. The standard InChI is InChI=1S/C14H27NO/c1-3-5-6-7-8-9-10-11-12-13-14(16)15-4-2/h4H,2-3,5-13H2,1H3,(H,15,16). The number of carbonyl (C=O) groups is 1. The van der Waals surface area contributed by atoms with Gasteiger partial charge in [0.1, 0.15) is 0 Å². The maximum Gasteiger partial charge on any atom is 0.223 e. The van der Waals surface area contributed by atoms with Crippen LogP contribution in [0.15, 0.2) is 12.8 Å². The molecule has 0 aliphatic heterocycles. The fourth-order valence-electron chi connectivity index (χ4n) is 1.78. The van der Waals surface area contributed by atoms with Gasteiger partial charge >= 0.3 is 0 Å². The zero-order valence-electron chi connectivity index (χ0n) is 10.8. The van der Waals surface area contributed by atoms with Crippen LogP contribution in [-0.2, 0) is 4.79 Å². The molecule has 94 valence electrons. The summed E-state index contributed by atoms with van der Waals surface area (Å²) in [6.45, 7) is 5.71. The molecule has 0 aliphatic carbocycles. The van der Waals surface area contributed by atoms with E-state index in [1.807, 2.05) is 0 Å². The first-order valence-corrected chi connectivity index (χ1v) is 6.71. The SMILES string of the molecule is C=CNC(=O)CCCCCCCCCCC. The van der Waals surface area contributed by atoms with Gasteiger partial charge in [0.15, 0.2) is 0 Å². The van der Waals surface area contributed by atoms with Crippen LogP contribution in [-0.4, -0.2) is 5.91 Å². The first-order valence-electron chi connectivity index (χ1n) is 6.71. The van der Waals surface area contributed by atoms with Crippen molar-refractivity contribution in [3.8, 4) is 0 Å². The lowest BCUT2D eigenvalue weighted by molar-refractivity contribution is -0.120. The smallest absolute Gasteiger partial charge is 0.223 e. The fraction of sp³-hybridized carbons (Fsp3) is 0.786. The summed E-state index contributed by atoms with van der Waals surface area (Å²) in [6.07, 6.45) is 13.7. The van der Waals surface area contributed by atoms with Crippen molar-refractivity contribution in [3.05, 3.63) is 12.8 Å². The molecule has 0 rings (SSSR count). The van der Waals surface area contributed by atoms with Gasteiger partial charge in [-0.25, -0.2) is 0 Å². The van der Waals surface area contributed by atoms with E-state index in [1.54, 1.807) is 0 Å². The number of carbonyl (C=O) groups excluding carboxylic acids is 1. The highest BCUT2D eigenvalue weighted by molar-refractivity contribution is 5.76. The molecule has 0 saturated carbocycles. The molecule has 0 aromatic rings. The molecule has 0 unspecified atom stereocenters. The lowest BCUT2D eigenvalue weighted by Crippen LogP contribution is -2.15. The molecule has 0 aromatic heterocycles. The fourth-order valence-corrected chi connectivity index (χ4v) is 1.78. The highest BCUT2D eigenvalue weighted by atomic mass is 16.1. The van der Waals surface area contributed by atoms with Crippen molar-refractivity contribution in [2.45, 2.75) is 71.1 Å². The highest BCUT2D eigenvalue weighted by Gasteiger charge is 1.97. The van der Waals surface area contributed by atoms with Gasteiger partial charge in [-0.2, -0.15) is 0 Å². The second-order valence-corrected chi connectivity index (χ2v) is 4.35. The van der Waals surface area contributed by atoms with E-state index in [2.05, 4.69) is 18.8 Å². The van der Waals surface area contributed by atoms with E-state index in [9.17, 15) is 4.79 Å². The molecule has 1 N–H and O–H groups in total. The Kier molecular flexibility index (Phi) is 11.7. The van der Waals surface area contributed by atoms with Crippen molar-refractivity contribution >= 4 is 5.91 Å². The molecule has 2 heteroatoms. The summed E-state index contributed by atoms with van der Waals surface area (Å²) in [5, 5.41) is 2.60. The average molecular weight is 225 g/mol. The van der Waals surface area contributed by atoms with Gasteiger partial charge in [-0.3, -0.25) is 4.79 Å². The topological polar surface area (TPSA) is 29.1 Å². The Bertz CT molecular complexity index is 178. The zero-order chi connectivity index (χ0) is 12.1. The Morgan fingerprint density at radius 1 is 1.00 bits per heavy atom. The van der Waals surface area contributed by atoms with Gasteiger partial charge in [0.25, 0.3) is 0 Å². The maximum atomic E-state index is 11.1. The lowest BCUT2D eigenvalue weighted by atomic mass is 10.1. The summed E-state index contributed by atoms with van der Waals surface area (Å²) in [5.74, 6) is 0.0953. The summed E-state index contributed by atoms with van der Waals surface area (Å²) in [5.41, 5.74) is 0. The van der Waals surface area contributed by atoms with Gasteiger partial charge in [-0.15, -0.1) is 0 Å². The van der Waals surface area contributed by atoms with Crippen LogP contribution >= 0.6 is 0 Å². The van der Waals surface area contributed by atoms with E-state index in [4.69, 9.17) is 0 Å². The monoisotopic (exact) mass is 225 g/mol. The van der Waals surface area contributed by atoms with Crippen molar-refractivity contribution in [2.75, 3.05) is 0 Å². The molecule has 0 atom stereocenters. The van der Waals surface area contributed by atoms with Gasteiger partial charge < -0.3 is 5.32 Å². The minimum Gasteiger partial charge on any atom is -0.333 e. The van der Waals surface area contributed by atoms with Gasteiger partial charge in [0, 0.05) is 6.42 Å². The van der Waals surface area contributed by atoms with E-state index in [1.165, 1.54) is 57.6 Å². The zero-order valence-corrected chi connectivity index (χ0v) is 10.8. The van der Waals surface area contributed by atoms with Gasteiger partial charge in [-0.1, -0.05) is 64.9 Å². The Balaban J connectivity index is 3.03. The van der Waals surface area contributed by atoms with E-state index in [-0.39, 0.29) is 5.91 Å². The summed E-state index contributed by atoms with van der Waals surface area (Å²) >= 11 is 0. The van der Waals surface area contributed by atoms with Crippen molar-refractivity contribution in [1.29, 1.82) is 0 Å². The van der Waals surface area contributed by atoms with Crippen LogP contribution in [0.2, 0.25) is 0 Å². The van der Waals surface area contributed by atoms with Crippen molar-refractivity contribution in [1.82, 2.24) is 5.32 Å². The van der Waals surface area contributed by atoms with Crippen molar-refractivity contribution in [2.24, 2.45) is 0 Å². The van der Waals surface area contributed by atoms with Crippen LogP contribution in [0.3, 0.4) is 0 Å². The van der Waals surface area contributed by atoms with Crippen LogP contribution in [0.4, 0.5) is 0 Å². The average Bonchev–Trinajstić information content (AvgIpc) is 2.27. The first-order chi connectivity index (χ1) is 7.81. The highest BCUT2D eigenvalue weighted by Crippen LogP contribution is 2.10. The molecular weight excluding hydrogens is 198 g/mol. The minimum atomic E-state index is 0.0953. The third-order valence-electron chi connectivity index (χ3n) is 2.77. The van der Waals surface area contributed by atoms with Gasteiger partial charge in [0.05, 0.1) is 0 Å². The Hall–Kier alpha value is -0.790. The number of nitrogens with one attached hydrogen (secondary N) is 1. The predicted octanol–water partition coefficient (Wildman–Crippen LogP) is 4.17. The van der Waals surface area contributed by atoms with Crippen LogP contribution in [0, 0.1) is 0 Å². The lowest BCUT2D eigenvalue weighted by Gasteiger charge is -2.01. The predicted molar refractivity (Wildman–Crippen MR) is 70.2 cm³/mol. The third kappa shape index (κ3) is 11.3. The number of hydrogen-bond acceptors (Lipinski definition) is 1. The molecule has 0 bridgehead atoms. The summed E-state index contributed by atoms with van der Waals surface area (Å²) in [6, 6.07) is 0. The molecule has 0 fully saturated rings. The minimum absolute atomic E-state index is 0.0953. The largest absolute Gasteiger partial charge is 0.333 e. The second kappa shape index (κ2) is 12.3. The van der Waals surface area contributed by atoms with Gasteiger partial charge in [-0.05, 0) is 12.6 Å². The van der Waals surface area contributed by atoms with E-state index < -0.39 is 0 Å². The Morgan fingerprint density at radius 3 is 2.00 bits per heavy atom. The maximum absolute atomic E-state index is 11.1. The first kappa shape index (κ1) is 15.2. The third-order valence-corrected chi connectivity index (χ3v) is 2.77. The number of amides is 1. The van der Waals surface area contributed by atoms with Crippen LogP contribution < -0.4 is 5.32 Å². The Morgan fingerprint density at radius 2 is 1.50 bits per heavy atom. The number of unbranched alkanes of at least 4 members (excludes halogenated alkanes) is 8. The second-order valence-electron chi connectivity index (χ2n) is 4.35. The molecule has 0 radical (unpaired) electrons. The van der Waals surface area contributed by atoms with E-state index >= 15 is 0 Å². The Labute approximate surface area is 101 Å². The van der Waals surface area contributed by atoms with Crippen molar-refractivity contribution < 1.29 is 4.79 Å². The van der Waals surface area contributed by atoms with Crippen molar-refractivity contribution in [3.63, 3.8) is 0 Å². The summed E-state index contributed by atoms with van der Waals surface area (Å²) in [7, 11) is 0. The van der Waals surface area contributed by atoms with Crippen LogP contribution in [0.25, 0.3) is 0 Å². The number of hydrogen-bond donors (Lipinski definition) is 1. The molecular formula is C14H27NO. The molecule has 0 saturated heterocycles. The quantitative estimate of drug-likeness (QED) is 0.525. The molecule has 0 heterocycles. The summed E-state index contributed by atoms with van der Waals surface area (Å²) < 4.78 is 0.